The quantitative estimate of drug-likeness (QED) is 0.468. The lowest BCUT2D eigenvalue weighted by Crippen LogP contribution is -2.50. The largest absolute Gasteiger partial charge is 0.375 e. The lowest BCUT2D eigenvalue weighted by atomic mass is 10.2. The Labute approximate surface area is 55.7 Å². The van der Waals surface area contributed by atoms with E-state index in [1.165, 1.54) is 0 Å². The molecule has 0 aromatic rings. The number of rotatable bonds is 0. The van der Waals surface area contributed by atoms with Gasteiger partial charge in [-0.05, 0) is 13.8 Å². The van der Waals surface area contributed by atoms with Crippen LogP contribution >= 0.6 is 0 Å². The molecule has 0 aliphatic carbocycles. The Morgan fingerprint density at radius 3 is 2.67 bits per heavy atom. The molecule has 1 rings (SSSR count). The highest BCUT2D eigenvalue weighted by atomic mass is 16.5. The summed E-state index contributed by atoms with van der Waals surface area (Å²) >= 11 is 0. The third-order valence-corrected chi connectivity index (χ3v) is 1.66. The number of nitrogens with zero attached hydrogens (tertiary/aromatic N) is 1. The molecule has 0 unspecified atom stereocenters. The van der Waals surface area contributed by atoms with Crippen molar-refractivity contribution in [3.63, 3.8) is 0 Å². The molecule has 2 atom stereocenters. The van der Waals surface area contributed by atoms with Crippen molar-refractivity contribution in [2.75, 3.05) is 13.2 Å². The van der Waals surface area contributed by atoms with Crippen LogP contribution in [0.25, 0.3) is 0 Å². The van der Waals surface area contributed by atoms with Crippen LogP contribution in [-0.2, 0) is 4.74 Å². The summed E-state index contributed by atoms with van der Waals surface area (Å²) in [4.78, 5) is 0. The third-order valence-electron chi connectivity index (χ3n) is 1.66. The van der Waals surface area contributed by atoms with E-state index in [0.717, 1.165) is 13.2 Å². The van der Waals surface area contributed by atoms with Gasteiger partial charge in [-0.2, -0.15) is 0 Å². The minimum Gasteiger partial charge on any atom is -0.375 e. The first kappa shape index (κ1) is 6.99. The fourth-order valence-electron chi connectivity index (χ4n) is 0.929. The maximum absolute atomic E-state index is 5.62. The molecule has 1 fully saturated rings. The van der Waals surface area contributed by atoms with Gasteiger partial charge in [0.15, 0.2) is 0 Å². The summed E-state index contributed by atoms with van der Waals surface area (Å²) in [6.45, 7) is 5.70. The van der Waals surface area contributed by atoms with Gasteiger partial charge in [-0.1, -0.05) is 0 Å². The molecule has 0 saturated carbocycles. The second kappa shape index (κ2) is 2.64. The Bertz CT molecular complexity index is 97.1. The second-order valence-corrected chi connectivity index (χ2v) is 2.69. The summed E-state index contributed by atoms with van der Waals surface area (Å²) in [5.74, 6) is 5.62. The molecule has 1 aliphatic rings. The number of morpholine rings is 1. The Hall–Kier alpha value is -0.120. The summed E-state index contributed by atoms with van der Waals surface area (Å²) in [6.07, 6.45) is 0.297. The molecule has 54 valence electrons. The average Bonchev–Trinajstić information content (AvgIpc) is 1.80. The lowest BCUT2D eigenvalue weighted by molar-refractivity contribution is -0.0498. The van der Waals surface area contributed by atoms with Gasteiger partial charge in [0.2, 0.25) is 0 Å². The molecule has 0 bridgehead atoms. The van der Waals surface area contributed by atoms with Gasteiger partial charge in [-0.25, -0.2) is 5.01 Å². The van der Waals surface area contributed by atoms with Crippen molar-refractivity contribution in [3.05, 3.63) is 0 Å². The number of nitrogens with two attached hydrogens (primary N) is 1. The van der Waals surface area contributed by atoms with Crippen LogP contribution in [0.2, 0.25) is 0 Å². The van der Waals surface area contributed by atoms with Crippen molar-refractivity contribution in [3.8, 4) is 0 Å². The zero-order chi connectivity index (χ0) is 6.85. The van der Waals surface area contributed by atoms with Crippen LogP contribution in [0.1, 0.15) is 13.8 Å². The van der Waals surface area contributed by atoms with Crippen LogP contribution in [0.4, 0.5) is 0 Å². The van der Waals surface area contributed by atoms with Gasteiger partial charge in [0.05, 0.1) is 12.7 Å². The summed E-state index contributed by atoms with van der Waals surface area (Å²) in [5.41, 5.74) is 0. The normalized spacial score (nSPS) is 39.0. The summed E-state index contributed by atoms with van der Waals surface area (Å²) in [7, 11) is 0. The first-order valence-electron chi connectivity index (χ1n) is 3.33. The lowest BCUT2D eigenvalue weighted by Gasteiger charge is -2.32. The van der Waals surface area contributed by atoms with E-state index >= 15 is 0 Å². The highest BCUT2D eigenvalue weighted by Crippen LogP contribution is 2.05. The number of hydrogen-bond acceptors (Lipinski definition) is 3. The molecule has 3 heteroatoms. The van der Waals surface area contributed by atoms with E-state index in [4.69, 9.17) is 10.6 Å². The molecule has 3 nitrogen and oxygen atoms in total. The fraction of sp³-hybridized carbons (Fsp3) is 1.00. The smallest absolute Gasteiger partial charge is 0.0688 e. The van der Waals surface area contributed by atoms with Crippen molar-refractivity contribution < 1.29 is 4.74 Å². The van der Waals surface area contributed by atoms with Gasteiger partial charge in [-0.3, -0.25) is 5.84 Å². The van der Waals surface area contributed by atoms with Crippen LogP contribution in [0.3, 0.4) is 0 Å². The van der Waals surface area contributed by atoms with Crippen LogP contribution in [0.15, 0.2) is 0 Å². The molecule has 1 saturated heterocycles. The monoisotopic (exact) mass is 130 g/mol. The first-order valence-corrected chi connectivity index (χ1v) is 3.33. The molecule has 0 spiro atoms. The zero-order valence-corrected chi connectivity index (χ0v) is 6.00. The van der Waals surface area contributed by atoms with Crippen molar-refractivity contribution >= 4 is 0 Å². The summed E-state index contributed by atoms with van der Waals surface area (Å²) < 4.78 is 5.34. The van der Waals surface area contributed by atoms with E-state index < -0.39 is 0 Å². The average molecular weight is 130 g/mol. The van der Waals surface area contributed by atoms with Crippen LogP contribution in [0.5, 0.6) is 0 Å². The Morgan fingerprint density at radius 2 is 2.22 bits per heavy atom. The minimum absolute atomic E-state index is 0.297. The minimum atomic E-state index is 0.297. The number of hydrazine groups is 1. The Morgan fingerprint density at radius 1 is 1.56 bits per heavy atom. The molecular formula is C6H14N2O. The molecular weight excluding hydrogens is 116 g/mol. The maximum Gasteiger partial charge on any atom is 0.0688 e. The van der Waals surface area contributed by atoms with E-state index in [2.05, 4.69) is 6.92 Å². The molecule has 0 aromatic heterocycles. The highest BCUT2D eigenvalue weighted by molar-refractivity contribution is 4.69. The van der Waals surface area contributed by atoms with Gasteiger partial charge >= 0.3 is 0 Å². The van der Waals surface area contributed by atoms with Gasteiger partial charge in [0.25, 0.3) is 0 Å². The number of ether oxygens (including phenoxy) is 1. The van der Waals surface area contributed by atoms with E-state index in [0.29, 0.717) is 12.1 Å². The standard InChI is InChI=1S/C6H14N2O/c1-5-4-9-6(2)3-8(5)7/h5-6H,3-4,7H2,1-2H3/t5-,6+/m1/s1. The number of hydrogen-bond donors (Lipinski definition) is 1. The zero-order valence-electron chi connectivity index (χ0n) is 6.00. The topological polar surface area (TPSA) is 38.5 Å². The second-order valence-electron chi connectivity index (χ2n) is 2.69. The Kier molecular flexibility index (Phi) is 2.05. The Balaban J connectivity index is 2.35. The predicted octanol–water partition coefficient (Wildman–Crippen LogP) is -0.0307. The van der Waals surface area contributed by atoms with Crippen molar-refractivity contribution in [2.45, 2.75) is 26.0 Å². The molecule has 0 amide bonds. The third kappa shape index (κ3) is 1.64. The fourth-order valence-corrected chi connectivity index (χ4v) is 0.929. The van der Waals surface area contributed by atoms with E-state index in [1.807, 2.05) is 11.9 Å². The van der Waals surface area contributed by atoms with Crippen molar-refractivity contribution in [1.29, 1.82) is 0 Å². The van der Waals surface area contributed by atoms with Gasteiger partial charge in [0.1, 0.15) is 0 Å². The van der Waals surface area contributed by atoms with Crippen LogP contribution in [0, 0.1) is 0 Å². The van der Waals surface area contributed by atoms with Crippen molar-refractivity contribution in [1.82, 2.24) is 5.01 Å². The molecule has 0 aromatic carbocycles. The molecule has 0 radical (unpaired) electrons. The molecule has 1 aliphatic heterocycles. The van der Waals surface area contributed by atoms with Crippen molar-refractivity contribution in [2.24, 2.45) is 5.84 Å². The van der Waals surface area contributed by atoms with Gasteiger partial charge in [0, 0.05) is 12.6 Å². The molecule has 1 heterocycles. The highest BCUT2D eigenvalue weighted by Gasteiger charge is 2.19. The molecule has 2 N–H and O–H groups in total. The van der Waals surface area contributed by atoms with E-state index in [1.54, 1.807) is 0 Å². The van der Waals surface area contributed by atoms with Crippen LogP contribution < -0.4 is 5.84 Å². The van der Waals surface area contributed by atoms with Crippen LogP contribution in [-0.4, -0.2) is 30.3 Å². The predicted molar refractivity (Wildman–Crippen MR) is 35.8 cm³/mol. The van der Waals surface area contributed by atoms with Gasteiger partial charge in [-0.15, -0.1) is 0 Å². The first-order chi connectivity index (χ1) is 4.20. The van der Waals surface area contributed by atoms with E-state index in [9.17, 15) is 0 Å². The van der Waals surface area contributed by atoms with E-state index in [-0.39, 0.29) is 0 Å². The van der Waals surface area contributed by atoms with Gasteiger partial charge < -0.3 is 4.74 Å². The SMILES string of the molecule is C[C@@H]1CO[C@@H](C)CN1N. The summed E-state index contributed by atoms with van der Waals surface area (Å²) in [6, 6.07) is 0.376. The molecule has 9 heavy (non-hydrogen) atoms. The summed E-state index contributed by atoms with van der Waals surface area (Å²) in [5, 5.41) is 1.83. The maximum atomic E-state index is 5.62.